The van der Waals surface area contributed by atoms with Crippen molar-refractivity contribution in [3.63, 3.8) is 0 Å². The molecule has 7 heteroatoms. The van der Waals surface area contributed by atoms with Crippen molar-refractivity contribution in [1.82, 2.24) is 9.97 Å². The van der Waals surface area contributed by atoms with Crippen LogP contribution in [-0.4, -0.2) is 15.7 Å². The van der Waals surface area contributed by atoms with Crippen molar-refractivity contribution in [3.05, 3.63) is 58.4 Å². The summed E-state index contributed by atoms with van der Waals surface area (Å²) >= 11 is 1.57. The maximum atomic E-state index is 12.9. The molecule has 0 saturated carbocycles. The van der Waals surface area contributed by atoms with Crippen molar-refractivity contribution in [3.8, 4) is 11.4 Å². The number of fused-ring (bicyclic) bond motifs is 1. The third kappa shape index (κ3) is 3.17. The van der Waals surface area contributed by atoms with Gasteiger partial charge in [0.1, 0.15) is 5.82 Å². The summed E-state index contributed by atoms with van der Waals surface area (Å²) in [6.07, 6.45) is -4.48. The van der Waals surface area contributed by atoms with E-state index in [1.165, 1.54) is 0 Å². The van der Waals surface area contributed by atoms with Gasteiger partial charge in [0.15, 0.2) is 0 Å². The molecular weight excluding hydrogens is 337 g/mol. The number of hydrogen-bond donors (Lipinski definition) is 1. The van der Waals surface area contributed by atoms with Gasteiger partial charge in [-0.05, 0) is 30.0 Å². The quantitative estimate of drug-likeness (QED) is 0.695. The summed E-state index contributed by atoms with van der Waals surface area (Å²) in [7, 11) is 0. The molecule has 2 aromatic carbocycles. The van der Waals surface area contributed by atoms with E-state index in [0.29, 0.717) is 5.56 Å². The van der Waals surface area contributed by atoms with Gasteiger partial charge in [0, 0.05) is 10.5 Å². The average molecular weight is 350 g/mol. The van der Waals surface area contributed by atoms with Crippen LogP contribution in [0.5, 0.6) is 0 Å². The van der Waals surface area contributed by atoms with E-state index in [1.807, 2.05) is 19.1 Å². The van der Waals surface area contributed by atoms with E-state index in [9.17, 15) is 18.0 Å². The lowest BCUT2D eigenvalue weighted by Crippen LogP contribution is -2.12. The fraction of sp³-hybridized carbons (Fsp3) is 0.176. The molecule has 0 aliphatic heterocycles. The van der Waals surface area contributed by atoms with Crippen LogP contribution in [0.25, 0.3) is 22.3 Å². The molecule has 0 fully saturated rings. The fourth-order valence-corrected chi connectivity index (χ4v) is 3.19. The number of alkyl halides is 3. The van der Waals surface area contributed by atoms with Gasteiger partial charge in [-0.25, -0.2) is 4.98 Å². The van der Waals surface area contributed by atoms with Crippen molar-refractivity contribution in [1.29, 1.82) is 0 Å². The zero-order valence-electron chi connectivity index (χ0n) is 12.6. The zero-order valence-corrected chi connectivity index (χ0v) is 13.5. The van der Waals surface area contributed by atoms with E-state index in [1.54, 1.807) is 23.9 Å². The predicted octanol–water partition coefficient (Wildman–Crippen LogP) is 4.72. The number of nitrogens with one attached hydrogen (secondary N) is 1. The zero-order chi connectivity index (χ0) is 17.3. The monoisotopic (exact) mass is 350 g/mol. The molecule has 3 rings (SSSR count). The Hall–Kier alpha value is -2.28. The first-order chi connectivity index (χ1) is 11.4. The minimum atomic E-state index is -4.48. The number of benzene rings is 2. The van der Waals surface area contributed by atoms with E-state index >= 15 is 0 Å². The number of rotatable bonds is 3. The van der Waals surface area contributed by atoms with Gasteiger partial charge in [0.25, 0.3) is 5.56 Å². The van der Waals surface area contributed by atoms with Crippen LogP contribution < -0.4 is 5.56 Å². The van der Waals surface area contributed by atoms with Crippen LogP contribution in [-0.2, 0) is 6.18 Å². The minimum Gasteiger partial charge on any atom is -0.306 e. The van der Waals surface area contributed by atoms with Crippen LogP contribution in [0.4, 0.5) is 13.2 Å². The summed E-state index contributed by atoms with van der Waals surface area (Å²) in [5, 5.41) is 0.132. The molecule has 3 nitrogen and oxygen atoms in total. The van der Waals surface area contributed by atoms with Crippen LogP contribution in [0.2, 0.25) is 0 Å². The molecule has 124 valence electrons. The van der Waals surface area contributed by atoms with Gasteiger partial charge >= 0.3 is 6.18 Å². The molecule has 0 atom stereocenters. The number of halogens is 3. The number of hydrogen-bond acceptors (Lipinski definition) is 3. The highest BCUT2D eigenvalue weighted by Crippen LogP contribution is 2.32. The van der Waals surface area contributed by atoms with Gasteiger partial charge in [0.2, 0.25) is 0 Å². The number of thioether (sulfide) groups is 1. The Balaban J connectivity index is 2.22. The highest BCUT2D eigenvalue weighted by atomic mass is 32.2. The van der Waals surface area contributed by atoms with Crippen LogP contribution in [0.1, 0.15) is 12.5 Å². The van der Waals surface area contributed by atoms with Gasteiger partial charge in [-0.2, -0.15) is 13.2 Å². The number of aromatic nitrogens is 2. The van der Waals surface area contributed by atoms with Crippen molar-refractivity contribution in [2.75, 3.05) is 5.75 Å². The lowest BCUT2D eigenvalue weighted by molar-refractivity contribution is -0.137. The molecular formula is C17H13F3N2OS. The molecule has 0 unspecified atom stereocenters. The first kappa shape index (κ1) is 16.6. The summed E-state index contributed by atoms with van der Waals surface area (Å²) in [6.45, 7) is 1.99. The van der Waals surface area contributed by atoms with Crippen LogP contribution in [0.3, 0.4) is 0 Å². The molecule has 24 heavy (non-hydrogen) atoms. The van der Waals surface area contributed by atoms with E-state index in [-0.39, 0.29) is 16.7 Å². The molecule has 1 heterocycles. The van der Waals surface area contributed by atoms with Crippen molar-refractivity contribution < 1.29 is 13.2 Å². The summed E-state index contributed by atoms with van der Waals surface area (Å²) in [6, 6.07) is 10.3. The maximum absolute atomic E-state index is 12.9. The molecule has 1 N–H and O–H groups in total. The van der Waals surface area contributed by atoms with Gasteiger partial charge in [-0.3, -0.25) is 4.79 Å². The minimum absolute atomic E-state index is 0.0277. The Kier molecular flexibility index (Phi) is 4.36. The molecule has 0 spiro atoms. The lowest BCUT2D eigenvalue weighted by Gasteiger charge is -2.10. The smallest absolute Gasteiger partial charge is 0.306 e. The standard InChI is InChI=1S/C17H13F3N2OS/c1-2-24-14-6-4-3-5-12(14)15-21-13-9-10(17(18,19)20)7-8-11(13)16(23)22-15/h3-9H,2H2,1H3,(H,21,22,23). The van der Waals surface area contributed by atoms with Gasteiger partial charge in [-0.15, -0.1) is 11.8 Å². The van der Waals surface area contributed by atoms with E-state index in [0.717, 1.165) is 28.8 Å². The third-order valence-corrected chi connectivity index (χ3v) is 4.43. The number of aromatic amines is 1. The Bertz CT molecular complexity index is 950. The summed E-state index contributed by atoms with van der Waals surface area (Å²) in [5.74, 6) is 1.09. The fourth-order valence-electron chi connectivity index (χ4n) is 2.39. The number of nitrogens with zero attached hydrogens (tertiary/aromatic N) is 1. The molecule has 0 amide bonds. The molecule has 1 aromatic heterocycles. The van der Waals surface area contributed by atoms with Crippen LogP contribution >= 0.6 is 11.8 Å². The predicted molar refractivity (Wildman–Crippen MR) is 89.2 cm³/mol. The second kappa shape index (κ2) is 6.32. The third-order valence-electron chi connectivity index (χ3n) is 3.48. The van der Waals surface area contributed by atoms with Crippen LogP contribution in [0, 0.1) is 0 Å². The Morgan fingerprint density at radius 2 is 1.92 bits per heavy atom. The first-order valence-electron chi connectivity index (χ1n) is 7.23. The molecule has 0 radical (unpaired) electrons. The largest absolute Gasteiger partial charge is 0.416 e. The number of H-pyrrole nitrogens is 1. The maximum Gasteiger partial charge on any atom is 0.416 e. The molecule has 3 aromatic rings. The molecule has 0 bridgehead atoms. The van der Waals surface area contributed by atoms with Crippen molar-refractivity contribution in [2.24, 2.45) is 0 Å². The second-order valence-corrected chi connectivity index (χ2v) is 6.38. The summed E-state index contributed by atoms with van der Waals surface area (Å²) in [5.41, 5.74) is -0.559. The van der Waals surface area contributed by atoms with E-state index in [2.05, 4.69) is 9.97 Å². The van der Waals surface area contributed by atoms with Crippen molar-refractivity contribution in [2.45, 2.75) is 18.0 Å². The Morgan fingerprint density at radius 1 is 1.17 bits per heavy atom. The van der Waals surface area contributed by atoms with Gasteiger partial charge < -0.3 is 4.98 Å². The second-order valence-electron chi connectivity index (χ2n) is 5.07. The first-order valence-corrected chi connectivity index (χ1v) is 8.22. The lowest BCUT2D eigenvalue weighted by atomic mass is 10.1. The highest BCUT2D eigenvalue weighted by molar-refractivity contribution is 7.99. The van der Waals surface area contributed by atoms with Gasteiger partial charge in [-0.1, -0.05) is 25.1 Å². The topological polar surface area (TPSA) is 45.8 Å². The van der Waals surface area contributed by atoms with Crippen LogP contribution in [0.15, 0.2) is 52.2 Å². The average Bonchev–Trinajstić information content (AvgIpc) is 2.54. The summed E-state index contributed by atoms with van der Waals surface area (Å²) in [4.78, 5) is 20.0. The van der Waals surface area contributed by atoms with Gasteiger partial charge in [0.05, 0.1) is 16.5 Å². The van der Waals surface area contributed by atoms with E-state index < -0.39 is 17.3 Å². The molecule has 0 saturated heterocycles. The van der Waals surface area contributed by atoms with Crippen molar-refractivity contribution >= 4 is 22.7 Å². The SMILES string of the molecule is CCSc1ccccc1-c1nc2cc(C(F)(F)F)ccc2c(=O)[nH]1. The Morgan fingerprint density at radius 3 is 2.62 bits per heavy atom. The summed E-state index contributed by atoms with van der Waals surface area (Å²) < 4.78 is 38.7. The molecule has 0 aliphatic rings. The Labute approximate surface area is 139 Å². The highest BCUT2D eigenvalue weighted by Gasteiger charge is 2.30. The van der Waals surface area contributed by atoms with E-state index in [4.69, 9.17) is 0 Å². The normalized spacial score (nSPS) is 11.8. The molecule has 0 aliphatic carbocycles.